The molecule has 0 spiro atoms. The van der Waals surface area contributed by atoms with Crippen molar-refractivity contribution in [3.8, 4) is 0 Å². The second kappa shape index (κ2) is 3.42. The highest BCUT2D eigenvalue weighted by Crippen LogP contribution is 2.54. The summed E-state index contributed by atoms with van der Waals surface area (Å²) in [4.78, 5) is 0. The van der Waals surface area contributed by atoms with Crippen LogP contribution in [0.4, 0.5) is 0 Å². The van der Waals surface area contributed by atoms with Gasteiger partial charge in [0.1, 0.15) is 0 Å². The minimum absolute atomic E-state index is 0.746. The van der Waals surface area contributed by atoms with Crippen molar-refractivity contribution in [2.24, 2.45) is 5.41 Å². The second-order valence-electron chi connectivity index (χ2n) is 3.78. The first-order valence-corrected chi connectivity index (χ1v) is 5.57. The Labute approximate surface area is 77.9 Å². The third-order valence-electron chi connectivity index (χ3n) is 2.59. The zero-order chi connectivity index (χ0) is 7.61. The molecule has 0 aromatic carbocycles. The summed E-state index contributed by atoms with van der Waals surface area (Å²) in [6.45, 7) is 4.70. The highest BCUT2D eigenvalue weighted by Gasteiger charge is 2.46. The van der Waals surface area contributed by atoms with Crippen LogP contribution in [0, 0.1) is 5.41 Å². The number of halogens is 1. The van der Waals surface area contributed by atoms with Crippen molar-refractivity contribution in [3.63, 3.8) is 0 Å². The third kappa shape index (κ3) is 2.11. The molecule has 0 amide bonds. The summed E-state index contributed by atoms with van der Waals surface area (Å²) in [6.07, 6.45) is 7.18. The Morgan fingerprint density at radius 3 is 2.50 bits per heavy atom. The van der Waals surface area contributed by atoms with Crippen molar-refractivity contribution in [1.82, 2.24) is 0 Å². The van der Waals surface area contributed by atoms with E-state index in [1.54, 1.807) is 0 Å². The fraction of sp³-hybridized carbons (Fsp3) is 1.00. The molecule has 1 rings (SSSR count). The molecule has 10 heavy (non-hydrogen) atoms. The maximum absolute atomic E-state index is 2.59. The topological polar surface area (TPSA) is 0 Å². The molecular formula is C9H17I. The molecule has 1 aliphatic rings. The first-order valence-electron chi connectivity index (χ1n) is 4.33. The van der Waals surface area contributed by atoms with E-state index < -0.39 is 0 Å². The summed E-state index contributed by atoms with van der Waals surface area (Å²) in [6, 6.07) is 0. The van der Waals surface area contributed by atoms with E-state index in [1.165, 1.54) is 32.1 Å². The van der Waals surface area contributed by atoms with Crippen LogP contribution in [-0.2, 0) is 0 Å². The number of rotatable bonds is 4. The molecule has 1 fully saturated rings. The maximum atomic E-state index is 2.59. The van der Waals surface area contributed by atoms with Crippen LogP contribution in [-0.4, -0.2) is 3.92 Å². The molecule has 0 N–H and O–H groups in total. The minimum Gasteiger partial charge on any atom is -0.0820 e. The fourth-order valence-electron chi connectivity index (χ4n) is 1.39. The lowest BCUT2D eigenvalue weighted by molar-refractivity contribution is 0.485. The van der Waals surface area contributed by atoms with Crippen LogP contribution in [0.25, 0.3) is 0 Å². The maximum Gasteiger partial charge on any atom is 0.0169 e. The molecule has 0 radical (unpaired) electrons. The molecule has 0 aromatic heterocycles. The van der Waals surface area contributed by atoms with E-state index >= 15 is 0 Å². The summed E-state index contributed by atoms with van der Waals surface area (Å²) < 4.78 is 0.988. The highest BCUT2D eigenvalue weighted by molar-refractivity contribution is 14.1. The summed E-state index contributed by atoms with van der Waals surface area (Å²) in [5.41, 5.74) is 0.746. The normalized spacial score (nSPS) is 38.1. The molecular weight excluding hydrogens is 235 g/mol. The summed E-state index contributed by atoms with van der Waals surface area (Å²) in [5.74, 6) is 0. The molecule has 0 heterocycles. The lowest BCUT2D eigenvalue weighted by Gasteiger charge is -2.06. The Morgan fingerprint density at radius 2 is 2.10 bits per heavy atom. The van der Waals surface area contributed by atoms with Crippen LogP contribution >= 0.6 is 22.6 Å². The van der Waals surface area contributed by atoms with Crippen molar-refractivity contribution in [3.05, 3.63) is 0 Å². The van der Waals surface area contributed by atoms with E-state index in [2.05, 4.69) is 36.4 Å². The van der Waals surface area contributed by atoms with Crippen LogP contribution in [0.2, 0.25) is 0 Å². The third-order valence-corrected chi connectivity index (χ3v) is 4.54. The zero-order valence-corrected chi connectivity index (χ0v) is 9.15. The summed E-state index contributed by atoms with van der Waals surface area (Å²) >= 11 is 2.59. The predicted octanol–water partition coefficient (Wildman–Crippen LogP) is 3.78. The van der Waals surface area contributed by atoms with Gasteiger partial charge in [-0.15, -0.1) is 0 Å². The second-order valence-corrected chi connectivity index (χ2v) is 5.29. The largest absolute Gasteiger partial charge is 0.0820 e. The average molecular weight is 252 g/mol. The van der Waals surface area contributed by atoms with E-state index in [0.29, 0.717) is 0 Å². The molecule has 1 aliphatic carbocycles. The molecule has 1 unspecified atom stereocenters. The van der Waals surface area contributed by atoms with Gasteiger partial charge in [0.15, 0.2) is 0 Å². The molecule has 0 bridgehead atoms. The standard InChI is InChI=1S/C9H17I/c1-3-4-5-6-9(2)7-8(9)10/h8H,3-7H2,1-2H3/t8-,9?/m0/s1. The zero-order valence-electron chi connectivity index (χ0n) is 6.99. The van der Waals surface area contributed by atoms with Crippen molar-refractivity contribution >= 4 is 22.6 Å². The lowest BCUT2D eigenvalue weighted by atomic mass is 10.0. The molecule has 0 nitrogen and oxygen atoms in total. The van der Waals surface area contributed by atoms with Crippen LogP contribution in [0.15, 0.2) is 0 Å². The van der Waals surface area contributed by atoms with Gasteiger partial charge in [0, 0.05) is 3.92 Å². The van der Waals surface area contributed by atoms with E-state index in [9.17, 15) is 0 Å². The number of hydrogen-bond donors (Lipinski definition) is 0. The predicted molar refractivity (Wildman–Crippen MR) is 54.7 cm³/mol. The van der Waals surface area contributed by atoms with Crippen LogP contribution in [0.1, 0.15) is 46.0 Å². The molecule has 0 aliphatic heterocycles. The molecule has 2 atom stereocenters. The minimum atomic E-state index is 0.746. The molecule has 0 aromatic rings. The Balaban J connectivity index is 2.03. The fourth-order valence-corrected chi connectivity index (χ4v) is 2.71. The van der Waals surface area contributed by atoms with Gasteiger partial charge in [0.05, 0.1) is 0 Å². The van der Waals surface area contributed by atoms with Gasteiger partial charge in [-0.2, -0.15) is 0 Å². The Hall–Kier alpha value is 0.730. The number of hydrogen-bond acceptors (Lipinski definition) is 0. The summed E-state index contributed by atoms with van der Waals surface area (Å²) in [5, 5.41) is 0. The van der Waals surface area contributed by atoms with Gasteiger partial charge < -0.3 is 0 Å². The summed E-state index contributed by atoms with van der Waals surface area (Å²) in [7, 11) is 0. The molecule has 0 saturated heterocycles. The van der Waals surface area contributed by atoms with E-state index in [1.807, 2.05) is 0 Å². The van der Waals surface area contributed by atoms with Gasteiger partial charge in [0.2, 0.25) is 0 Å². The smallest absolute Gasteiger partial charge is 0.0169 e. The average Bonchev–Trinajstić information content (AvgIpc) is 2.42. The Bertz CT molecular complexity index is 111. The first kappa shape index (κ1) is 8.82. The van der Waals surface area contributed by atoms with E-state index in [-0.39, 0.29) is 0 Å². The van der Waals surface area contributed by atoms with Crippen LogP contribution < -0.4 is 0 Å². The van der Waals surface area contributed by atoms with Crippen molar-refractivity contribution < 1.29 is 0 Å². The number of alkyl halides is 1. The lowest BCUT2D eigenvalue weighted by Crippen LogP contribution is -1.96. The van der Waals surface area contributed by atoms with Gasteiger partial charge >= 0.3 is 0 Å². The number of unbranched alkanes of at least 4 members (excludes halogenated alkanes) is 2. The Kier molecular flexibility index (Phi) is 3.02. The first-order chi connectivity index (χ1) is 4.69. The highest BCUT2D eigenvalue weighted by atomic mass is 127. The quantitative estimate of drug-likeness (QED) is 0.406. The molecule has 1 saturated carbocycles. The van der Waals surface area contributed by atoms with Gasteiger partial charge in [-0.1, -0.05) is 55.7 Å². The van der Waals surface area contributed by atoms with Gasteiger partial charge in [0.25, 0.3) is 0 Å². The Morgan fingerprint density at radius 1 is 1.50 bits per heavy atom. The molecule has 60 valence electrons. The van der Waals surface area contributed by atoms with E-state index in [0.717, 1.165) is 9.34 Å². The van der Waals surface area contributed by atoms with Gasteiger partial charge in [-0.05, 0) is 18.3 Å². The van der Waals surface area contributed by atoms with Crippen molar-refractivity contribution in [2.75, 3.05) is 0 Å². The van der Waals surface area contributed by atoms with Gasteiger partial charge in [-0.3, -0.25) is 0 Å². The van der Waals surface area contributed by atoms with Crippen molar-refractivity contribution in [1.29, 1.82) is 0 Å². The van der Waals surface area contributed by atoms with Crippen LogP contribution in [0.5, 0.6) is 0 Å². The SMILES string of the molecule is CCCCCC1(C)C[C@@H]1I. The molecule has 1 heteroatoms. The van der Waals surface area contributed by atoms with Gasteiger partial charge in [-0.25, -0.2) is 0 Å². The van der Waals surface area contributed by atoms with E-state index in [4.69, 9.17) is 0 Å². The monoisotopic (exact) mass is 252 g/mol. The van der Waals surface area contributed by atoms with Crippen LogP contribution in [0.3, 0.4) is 0 Å². The van der Waals surface area contributed by atoms with Crippen molar-refractivity contribution in [2.45, 2.75) is 49.9 Å².